The molecule has 2 N–H and O–H groups in total. The lowest BCUT2D eigenvalue weighted by molar-refractivity contribution is 0.438. The van der Waals surface area contributed by atoms with Gasteiger partial charge in [-0.2, -0.15) is 0 Å². The zero-order valence-corrected chi connectivity index (χ0v) is 19.4. The number of hydrogen-bond acceptors (Lipinski definition) is 3. The van der Waals surface area contributed by atoms with Gasteiger partial charge in [-0.15, -0.1) is 0 Å². The maximum atomic E-state index is 6.31. The summed E-state index contributed by atoms with van der Waals surface area (Å²) in [5.74, 6) is 2.18. The maximum Gasteiger partial charge on any atom is 0.207 e. The van der Waals surface area contributed by atoms with Crippen LogP contribution < -0.4 is 14.8 Å². The third kappa shape index (κ3) is 5.61. The normalized spacial score (nSPS) is 15.3. The second-order valence-corrected chi connectivity index (χ2v) is 8.70. The summed E-state index contributed by atoms with van der Waals surface area (Å²) in [5.41, 5.74) is 2.73. The van der Waals surface area contributed by atoms with Crippen molar-refractivity contribution < 1.29 is 7.59 Å². The van der Waals surface area contributed by atoms with E-state index in [9.17, 15) is 0 Å². The van der Waals surface area contributed by atoms with Crippen molar-refractivity contribution in [3.63, 3.8) is 0 Å². The Balaban J connectivity index is 0.00000272. The third-order valence-corrected chi connectivity index (χ3v) is 5.98. The Hall–Kier alpha value is -2.92. The van der Waals surface area contributed by atoms with Crippen LogP contribution in [0.2, 0.25) is 0 Å². The second-order valence-electron chi connectivity index (χ2n) is 7.85. The average molecular weight is 438 g/mol. The van der Waals surface area contributed by atoms with Crippen molar-refractivity contribution in [2.75, 3.05) is 5.32 Å². The molecule has 0 amide bonds. The molecule has 0 atom stereocenters. The maximum absolute atomic E-state index is 6.31. The molecule has 0 radical (unpaired) electrons. The highest BCUT2D eigenvalue weighted by atomic mass is 32.2. The van der Waals surface area contributed by atoms with Gasteiger partial charge in [-0.05, 0) is 68.0 Å². The predicted octanol–water partition coefficient (Wildman–Crippen LogP) is 7.69. The first-order chi connectivity index (χ1) is 15.0. The molecule has 1 aliphatic rings. The fraction of sp³-hybridized carbons (Fsp3) is 0.269. The minimum atomic E-state index is -0.382. The van der Waals surface area contributed by atoms with Gasteiger partial charge in [0.25, 0.3) is 0 Å². The Labute approximate surface area is 193 Å². The summed E-state index contributed by atoms with van der Waals surface area (Å²) >= 11 is 1.52. The van der Waals surface area contributed by atoms with E-state index in [4.69, 9.17) is 9.73 Å². The van der Waals surface area contributed by atoms with Crippen molar-refractivity contribution in [3.05, 3.63) is 90.7 Å². The van der Waals surface area contributed by atoms with Gasteiger partial charge < -0.3 is 10.1 Å². The topological polar surface area (TPSA) is 45.6 Å². The van der Waals surface area contributed by atoms with Crippen LogP contribution in [0.15, 0.2) is 95.1 Å². The summed E-state index contributed by atoms with van der Waals surface area (Å²) in [6.45, 7) is 14.3. The van der Waals surface area contributed by atoms with Gasteiger partial charge in [0, 0.05) is 2.85 Å². The van der Waals surface area contributed by atoms with Crippen LogP contribution in [-0.2, 0) is 5.54 Å². The summed E-state index contributed by atoms with van der Waals surface area (Å²) < 4.78 is 9.62. The number of guanidine groups is 1. The number of fused-ring (bicyclic) bond motifs is 1. The molecule has 1 heterocycles. The molecule has 3 rings (SSSR count). The van der Waals surface area contributed by atoms with E-state index in [0.717, 1.165) is 52.5 Å². The summed E-state index contributed by atoms with van der Waals surface area (Å²) in [4.78, 5) is 5.99. The second kappa shape index (κ2) is 10.4. The summed E-state index contributed by atoms with van der Waals surface area (Å²) in [6, 6.07) is 16.3. The summed E-state index contributed by atoms with van der Waals surface area (Å²) in [7, 11) is 0. The molecule has 1 aliphatic heterocycles. The number of ether oxygens (including phenoxy) is 1. The molecule has 166 valence electrons. The molecule has 2 aromatic rings. The van der Waals surface area contributed by atoms with Gasteiger partial charge in [-0.1, -0.05) is 69.0 Å². The quantitative estimate of drug-likeness (QED) is 0.240. The lowest BCUT2D eigenvalue weighted by Crippen LogP contribution is -2.32. The molecular formula is C26H35N3OS. The fourth-order valence-corrected chi connectivity index (χ4v) is 4.05. The van der Waals surface area contributed by atoms with Crippen molar-refractivity contribution in [2.45, 2.75) is 50.5 Å². The van der Waals surface area contributed by atoms with Gasteiger partial charge in [0.2, 0.25) is 5.96 Å². The van der Waals surface area contributed by atoms with Crippen LogP contribution in [0, 0.1) is 0 Å². The van der Waals surface area contributed by atoms with Crippen LogP contribution in [0.4, 0.5) is 5.69 Å². The minimum absolute atomic E-state index is 0. The van der Waals surface area contributed by atoms with Crippen LogP contribution in [0.1, 0.15) is 48.5 Å². The lowest BCUT2D eigenvalue weighted by Gasteiger charge is -2.27. The molecular weight excluding hydrogens is 402 g/mol. The molecule has 0 aliphatic carbocycles. The van der Waals surface area contributed by atoms with Crippen LogP contribution in [0.3, 0.4) is 0 Å². The average Bonchev–Trinajstić information content (AvgIpc) is 2.79. The van der Waals surface area contributed by atoms with Gasteiger partial charge in [0.15, 0.2) is 5.75 Å². The van der Waals surface area contributed by atoms with Crippen LogP contribution >= 0.6 is 11.9 Å². The molecule has 0 saturated carbocycles. The van der Waals surface area contributed by atoms with E-state index < -0.39 is 0 Å². The van der Waals surface area contributed by atoms with E-state index in [1.165, 1.54) is 11.9 Å². The fourth-order valence-electron chi connectivity index (χ4n) is 3.34. The predicted molar refractivity (Wildman–Crippen MR) is 138 cm³/mol. The van der Waals surface area contributed by atoms with Crippen molar-refractivity contribution in [3.8, 4) is 5.75 Å². The molecule has 0 spiro atoms. The highest BCUT2D eigenvalue weighted by Crippen LogP contribution is 2.39. The molecule has 0 unspecified atom stereocenters. The molecule has 5 heteroatoms. The SMILES string of the molecule is C=C/C(CCCC)=C(\C=C)Oc1cccc2c1NC(=NC(C)(C)c1ccccc1)NS2.[HH].[HH]. The zero-order chi connectivity index (χ0) is 22.3. The molecule has 0 bridgehead atoms. The van der Waals surface area contributed by atoms with Crippen molar-refractivity contribution in [1.82, 2.24) is 4.72 Å². The van der Waals surface area contributed by atoms with Crippen molar-refractivity contribution >= 4 is 23.6 Å². The first-order valence-electron chi connectivity index (χ1n) is 10.6. The van der Waals surface area contributed by atoms with E-state index in [1.54, 1.807) is 6.08 Å². The minimum Gasteiger partial charge on any atom is -0.455 e. The first-order valence-corrected chi connectivity index (χ1v) is 11.4. The van der Waals surface area contributed by atoms with E-state index in [0.29, 0.717) is 5.96 Å². The first kappa shape index (κ1) is 22.8. The van der Waals surface area contributed by atoms with E-state index >= 15 is 0 Å². The largest absolute Gasteiger partial charge is 0.455 e. The molecule has 2 aromatic carbocycles. The molecule has 0 fully saturated rings. The number of allylic oxidation sites excluding steroid dienone is 3. The highest BCUT2D eigenvalue weighted by Gasteiger charge is 2.24. The van der Waals surface area contributed by atoms with Gasteiger partial charge in [0.1, 0.15) is 5.76 Å². The number of aliphatic imine (C=N–C) groups is 1. The smallest absolute Gasteiger partial charge is 0.207 e. The van der Waals surface area contributed by atoms with Crippen molar-refractivity contribution in [1.29, 1.82) is 0 Å². The Morgan fingerprint density at radius 3 is 2.58 bits per heavy atom. The van der Waals surface area contributed by atoms with Gasteiger partial charge in [-0.3, -0.25) is 4.72 Å². The van der Waals surface area contributed by atoms with E-state index in [-0.39, 0.29) is 8.39 Å². The number of para-hydroxylation sites is 1. The number of nitrogens with zero attached hydrogens (tertiary/aromatic N) is 1. The zero-order valence-electron chi connectivity index (χ0n) is 18.6. The lowest BCUT2D eigenvalue weighted by atomic mass is 9.95. The van der Waals surface area contributed by atoms with E-state index in [1.807, 2.05) is 36.4 Å². The van der Waals surface area contributed by atoms with Crippen LogP contribution in [0.5, 0.6) is 5.75 Å². The number of hydrogen-bond donors (Lipinski definition) is 2. The number of unbranched alkanes of at least 4 members (excludes halogenated alkanes) is 1. The Morgan fingerprint density at radius 1 is 1.13 bits per heavy atom. The standard InChI is InChI=1S/C26H31N3OS.2H2/c1-6-9-14-19(7-2)21(8-3)30-22-17-13-18-23-24(22)27-25(29-31-23)28-26(4,5)20-15-11-10-12-16-20;;/h7-8,10-13,15-18H,2-3,6,9,14H2,1,4-5H3,(H2,27,28,29);2*1H/b21-19-;;. The monoisotopic (exact) mass is 437 g/mol. The van der Waals surface area contributed by atoms with Gasteiger partial charge in [0.05, 0.1) is 16.1 Å². The molecule has 4 nitrogen and oxygen atoms in total. The molecule has 0 aromatic heterocycles. The number of rotatable bonds is 9. The van der Waals surface area contributed by atoms with Gasteiger partial charge in [-0.25, -0.2) is 4.99 Å². The Morgan fingerprint density at radius 2 is 1.90 bits per heavy atom. The van der Waals surface area contributed by atoms with Crippen LogP contribution in [0.25, 0.3) is 0 Å². The van der Waals surface area contributed by atoms with E-state index in [2.05, 4.69) is 62.2 Å². The number of anilines is 1. The van der Waals surface area contributed by atoms with Crippen LogP contribution in [-0.4, -0.2) is 5.96 Å². The molecule has 0 saturated heterocycles. The Bertz CT molecular complexity index is 1000. The highest BCUT2D eigenvalue weighted by molar-refractivity contribution is 7.98. The summed E-state index contributed by atoms with van der Waals surface area (Å²) in [6.07, 6.45) is 6.73. The third-order valence-electron chi connectivity index (χ3n) is 5.13. The number of nitrogens with one attached hydrogen (secondary N) is 2. The molecule has 31 heavy (non-hydrogen) atoms. The Kier molecular flexibility index (Phi) is 7.64. The van der Waals surface area contributed by atoms with Crippen molar-refractivity contribution in [2.24, 2.45) is 4.99 Å². The summed E-state index contributed by atoms with van der Waals surface area (Å²) in [5, 5.41) is 3.43. The number of benzene rings is 2. The van der Waals surface area contributed by atoms with Gasteiger partial charge >= 0.3 is 0 Å².